The maximum Gasteiger partial charge on any atom is 0.235 e. The summed E-state index contributed by atoms with van der Waals surface area (Å²) < 4.78 is 0. The van der Waals surface area contributed by atoms with Crippen molar-refractivity contribution in [3.63, 3.8) is 0 Å². The molecule has 0 aliphatic heterocycles. The fraction of sp³-hybridized carbons (Fsp3) is 0.857. The molecule has 4 nitrogen and oxygen atoms in total. The quantitative estimate of drug-likeness (QED) is 0.782. The maximum absolute atomic E-state index is 12.0. The molecule has 0 saturated heterocycles. The van der Waals surface area contributed by atoms with Crippen LogP contribution in [0, 0.1) is 23.2 Å². The smallest absolute Gasteiger partial charge is 0.235 e. The van der Waals surface area contributed by atoms with Crippen LogP contribution in [0.1, 0.15) is 40.5 Å². The predicted octanol–water partition coefficient (Wildman–Crippen LogP) is 1.77. The molecule has 1 saturated carbocycles. The number of carbonyl (C=O) groups excluding carboxylic acids is 1. The van der Waals surface area contributed by atoms with Crippen LogP contribution < -0.4 is 5.32 Å². The molecular weight excluding hydrogens is 226 g/mol. The zero-order chi connectivity index (χ0) is 13.9. The van der Waals surface area contributed by atoms with Gasteiger partial charge in [-0.2, -0.15) is 5.26 Å². The van der Waals surface area contributed by atoms with E-state index in [0.717, 1.165) is 5.92 Å². The van der Waals surface area contributed by atoms with Crippen LogP contribution in [0.15, 0.2) is 0 Å². The van der Waals surface area contributed by atoms with E-state index in [2.05, 4.69) is 23.2 Å². The molecule has 0 unspecified atom stereocenters. The second-order valence-corrected chi connectivity index (χ2v) is 6.01. The van der Waals surface area contributed by atoms with Gasteiger partial charge in [-0.3, -0.25) is 9.69 Å². The molecule has 1 aliphatic carbocycles. The summed E-state index contributed by atoms with van der Waals surface area (Å²) in [6.45, 7) is 8.19. The van der Waals surface area contributed by atoms with Gasteiger partial charge in [-0.15, -0.1) is 0 Å². The van der Waals surface area contributed by atoms with E-state index in [4.69, 9.17) is 5.26 Å². The minimum absolute atomic E-state index is 0.0669. The second kappa shape index (κ2) is 5.71. The monoisotopic (exact) mass is 251 g/mol. The van der Waals surface area contributed by atoms with Crippen LogP contribution >= 0.6 is 0 Å². The summed E-state index contributed by atoms with van der Waals surface area (Å²) in [6, 6.07) is 2.64. The Kier molecular flexibility index (Phi) is 4.75. The van der Waals surface area contributed by atoms with Gasteiger partial charge in [0.05, 0.1) is 12.6 Å². The van der Waals surface area contributed by atoms with E-state index in [0.29, 0.717) is 12.6 Å². The molecule has 1 aliphatic rings. The molecule has 1 amide bonds. The Morgan fingerprint density at radius 3 is 2.44 bits per heavy atom. The predicted molar refractivity (Wildman–Crippen MR) is 71.8 cm³/mol. The minimum Gasteiger partial charge on any atom is -0.337 e. The molecule has 2 atom stereocenters. The van der Waals surface area contributed by atoms with Crippen molar-refractivity contribution in [1.29, 1.82) is 5.26 Å². The Labute approximate surface area is 110 Å². The second-order valence-electron chi connectivity index (χ2n) is 6.01. The SMILES string of the molecule is CC(C)[C@](C)(C#N)NC(=O)CN(C)[C@H](C)C1CC1. The van der Waals surface area contributed by atoms with Gasteiger partial charge < -0.3 is 5.32 Å². The number of nitrogens with one attached hydrogen (secondary N) is 1. The highest BCUT2D eigenvalue weighted by atomic mass is 16.2. The summed E-state index contributed by atoms with van der Waals surface area (Å²) in [4.78, 5) is 14.1. The van der Waals surface area contributed by atoms with E-state index < -0.39 is 5.54 Å². The first-order valence-electron chi connectivity index (χ1n) is 6.72. The van der Waals surface area contributed by atoms with Crippen molar-refractivity contribution >= 4 is 5.91 Å². The van der Waals surface area contributed by atoms with Crippen molar-refractivity contribution in [3.8, 4) is 6.07 Å². The van der Waals surface area contributed by atoms with E-state index in [9.17, 15) is 4.79 Å². The van der Waals surface area contributed by atoms with Gasteiger partial charge in [0.2, 0.25) is 5.91 Å². The van der Waals surface area contributed by atoms with E-state index in [1.54, 1.807) is 6.92 Å². The van der Waals surface area contributed by atoms with Crippen molar-refractivity contribution in [2.75, 3.05) is 13.6 Å². The molecule has 1 fully saturated rings. The van der Waals surface area contributed by atoms with Crippen LogP contribution in [0.3, 0.4) is 0 Å². The van der Waals surface area contributed by atoms with Gasteiger partial charge >= 0.3 is 0 Å². The summed E-state index contributed by atoms with van der Waals surface area (Å²) in [7, 11) is 1.97. The number of amides is 1. The van der Waals surface area contributed by atoms with Crippen LogP contribution in [0.2, 0.25) is 0 Å². The topological polar surface area (TPSA) is 56.1 Å². The molecule has 18 heavy (non-hydrogen) atoms. The van der Waals surface area contributed by atoms with Crippen LogP contribution in [-0.2, 0) is 4.79 Å². The fourth-order valence-corrected chi connectivity index (χ4v) is 1.94. The number of hydrogen-bond donors (Lipinski definition) is 1. The highest BCUT2D eigenvalue weighted by Gasteiger charge is 2.33. The lowest BCUT2D eigenvalue weighted by Crippen LogP contribution is -2.52. The van der Waals surface area contributed by atoms with Crippen molar-refractivity contribution < 1.29 is 4.79 Å². The molecule has 4 heteroatoms. The zero-order valence-corrected chi connectivity index (χ0v) is 12.2. The number of hydrogen-bond acceptors (Lipinski definition) is 3. The summed E-state index contributed by atoms with van der Waals surface area (Å²) in [5, 5.41) is 12.0. The lowest BCUT2D eigenvalue weighted by Gasteiger charge is -2.30. The van der Waals surface area contributed by atoms with E-state index >= 15 is 0 Å². The highest BCUT2D eigenvalue weighted by Crippen LogP contribution is 2.34. The minimum atomic E-state index is -0.777. The molecule has 0 heterocycles. The molecular formula is C14H25N3O. The fourth-order valence-electron chi connectivity index (χ4n) is 1.94. The van der Waals surface area contributed by atoms with Crippen molar-refractivity contribution in [3.05, 3.63) is 0 Å². The van der Waals surface area contributed by atoms with Crippen molar-refractivity contribution in [1.82, 2.24) is 10.2 Å². The Morgan fingerprint density at radius 2 is 2.06 bits per heavy atom. The summed E-state index contributed by atoms with van der Waals surface area (Å²) in [5.41, 5.74) is -0.777. The normalized spacial score (nSPS) is 20.3. The molecule has 0 aromatic rings. The van der Waals surface area contributed by atoms with Gasteiger partial charge in [0.25, 0.3) is 0 Å². The van der Waals surface area contributed by atoms with E-state index in [-0.39, 0.29) is 11.8 Å². The molecule has 1 N–H and O–H groups in total. The van der Waals surface area contributed by atoms with E-state index in [1.807, 2.05) is 20.9 Å². The van der Waals surface area contributed by atoms with E-state index in [1.165, 1.54) is 12.8 Å². The average Bonchev–Trinajstić information content (AvgIpc) is 3.11. The van der Waals surface area contributed by atoms with Gasteiger partial charge in [-0.05, 0) is 45.6 Å². The number of carbonyl (C=O) groups is 1. The lowest BCUT2D eigenvalue weighted by molar-refractivity contribution is -0.124. The van der Waals surface area contributed by atoms with Gasteiger partial charge in [-0.1, -0.05) is 13.8 Å². The van der Waals surface area contributed by atoms with Gasteiger partial charge in [0.15, 0.2) is 0 Å². The molecule has 1 rings (SSSR count). The maximum atomic E-state index is 12.0. The third-order valence-corrected chi connectivity index (χ3v) is 4.18. The van der Waals surface area contributed by atoms with Crippen LogP contribution in [0.5, 0.6) is 0 Å². The third kappa shape index (κ3) is 3.71. The van der Waals surface area contributed by atoms with Gasteiger partial charge in [0, 0.05) is 6.04 Å². The zero-order valence-electron chi connectivity index (χ0n) is 12.2. The highest BCUT2D eigenvalue weighted by molar-refractivity contribution is 5.79. The number of rotatable bonds is 6. The molecule has 102 valence electrons. The van der Waals surface area contributed by atoms with Gasteiger partial charge in [0.1, 0.15) is 5.54 Å². The molecule has 0 aromatic carbocycles. The molecule has 0 bridgehead atoms. The van der Waals surface area contributed by atoms with Crippen LogP contribution in [-0.4, -0.2) is 36.0 Å². The Balaban J connectivity index is 2.48. The van der Waals surface area contributed by atoms with Crippen molar-refractivity contribution in [2.24, 2.45) is 11.8 Å². The third-order valence-electron chi connectivity index (χ3n) is 4.18. The summed E-state index contributed by atoms with van der Waals surface area (Å²) >= 11 is 0. The molecule has 0 spiro atoms. The van der Waals surface area contributed by atoms with Crippen LogP contribution in [0.4, 0.5) is 0 Å². The first-order chi connectivity index (χ1) is 8.30. The summed E-state index contributed by atoms with van der Waals surface area (Å²) in [5.74, 6) is 0.774. The Hall–Kier alpha value is -1.08. The number of nitriles is 1. The Morgan fingerprint density at radius 1 is 1.50 bits per heavy atom. The molecule has 0 radical (unpaired) electrons. The van der Waals surface area contributed by atoms with Gasteiger partial charge in [-0.25, -0.2) is 0 Å². The Bertz CT molecular complexity index is 343. The largest absolute Gasteiger partial charge is 0.337 e. The lowest BCUT2D eigenvalue weighted by atomic mass is 9.90. The summed E-state index contributed by atoms with van der Waals surface area (Å²) in [6.07, 6.45) is 2.55. The standard InChI is InChI=1S/C14H25N3O/c1-10(2)14(4,9-15)16-13(18)8-17(5)11(3)12-6-7-12/h10-12H,6-8H2,1-5H3,(H,16,18)/t11-,14+/m1/s1. The van der Waals surface area contributed by atoms with Crippen molar-refractivity contribution in [2.45, 2.75) is 52.1 Å². The first-order valence-corrected chi connectivity index (χ1v) is 6.72. The number of nitrogens with zero attached hydrogens (tertiary/aromatic N) is 2. The number of likely N-dealkylation sites (N-methyl/N-ethyl adjacent to an activating group) is 1. The van der Waals surface area contributed by atoms with Crippen LogP contribution in [0.25, 0.3) is 0 Å². The average molecular weight is 251 g/mol. The molecule has 0 aromatic heterocycles. The first kappa shape index (κ1) is 15.0.